The highest BCUT2D eigenvalue weighted by Gasteiger charge is 2.21. The molecule has 0 radical (unpaired) electrons. The number of fused-ring (bicyclic) bond motifs is 8. The second kappa shape index (κ2) is 44.1. The van der Waals surface area contributed by atoms with Gasteiger partial charge in [-0.3, -0.25) is 19.2 Å². The van der Waals surface area contributed by atoms with Crippen molar-refractivity contribution in [1.82, 2.24) is 18.7 Å². The molecule has 0 bridgehead atoms. The van der Waals surface area contributed by atoms with Gasteiger partial charge in [0.05, 0.1) is 45.5 Å². The third-order valence-corrected chi connectivity index (χ3v) is 27.6. The summed E-state index contributed by atoms with van der Waals surface area (Å²) in [6.45, 7) is 8.58. The van der Waals surface area contributed by atoms with Crippen molar-refractivity contribution in [3.8, 4) is 22.3 Å². The summed E-state index contributed by atoms with van der Waals surface area (Å²) in [5.41, 5.74) is 16.6. The maximum atomic E-state index is 13.4. The van der Waals surface area contributed by atoms with E-state index < -0.39 is 13.1 Å². The number of esters is 3. The summed E-state index contributed by atoms with van der Waals surface area (Å²) in [6, 6.07) is 65.8. The number of rotatable bonds is 21. The molecular formula is C100H79BBr3Cl4F3N4O10S4. The molecule has 0 spiro atoms. The minimum absolute atomic E-state index is 0.0460. The van der Waals surface area contributed by atoms with Gasteiger partial charge in [0.15, 0.2) is 0 Å². The van der Waals surface area contributed by atoms with E-state index in [-0.39, 0.29) is 54.6 Å². The van der Waals surface area contributed by atoms with Crippen LogP contribution in [-0.4, -0.2) is 84.7 Å². The SMILES string of the molecule is CCOC(=O)Cc1c[nH]c2cc(Br)ccc12.CCOC(=O)Cc1cn(Cc2csc3ccc(Cl)cc23)c2cc(-c3ccc(F)cc3)ccc12.CCOC(=O)Cc1cn(Cc2csc3ccc(Cl)cc23)c2cc(Br)ccc12.Clc1ccc2scc(CBr)c2c1.O=C(O)Cc1cn(Cc2csc3ccc(Cl)cc23)c2cc(-c3ccc(F)cc3)ccc12.OB(O)c1ccc(F)cc1. The van der Waals surface area contributed by atoms with Gasteiger partial charge in [0.25, 0.3) is 0 Å². The lowest BCUT2D eigenvalue weighted by atomic mass is 9.80. The van der Waals surface area contributed by atoms with Gasteiger partial charge < -0.3 is 48.1 Å². The number of benzene rings is 11. The zero-order chi connectivity index (χ0) is 91.1. The fourth-order valence-electron chi connectivity index (χ4n) is 15.0. The highest BCUT2D eigenvalue weighted by atomic mass is 79.9. The van der Waals surface area contributed by atoms with Crippen molar-refractivity contribution >= 4 is 260 Å². The van der Waals surface area contributed by atoms with Crippen LogP contribution in [0.3, 0.4) is 0 Å². The van der Waals surface area contributed by atoms with E-state index in [1.807, 2.05) is 161 Å². The largest absolute Gasteiger partial charge is 0.488 e. The van der Waals surface area contributed by atoms with Gasteiger partial charge in [0.1, 0.15) is 17.5 Å². The van der Waals surface area contributed by atoms with E-state index in [0.29, 0.717) is 54.8 Å². The van der Waals surface area contributed by atoms with Crippen LogP contribution >= 0.6 is 140 Å². The first-order valence-electron chi connectivity index (χ1n) is 40.5. The fourth-order valence-corrected chi connectivity index (χ4v) is 20.8. The number of aromatic amines is 1. The molecule has 129 heavy (non-hydrogen) atoms. The van der Waals surface area contributed by atoms with E-state index in [1.54, 1.807) is 69.6 Å². The quantitative estimate of drug-likeness (QED) is 0.0233. The third-order valence-electron chi connectivity index (χ3n) is 21.0. The molecule has 0 aliphatic carbocycles. The average molecular weight is 2070 g/mol. The number of carbonyl (C=O) groups is 4. The van der Waals surface area contributed by atoms with Crippen LogP contribution in [0.5, 0.6) is 0 Å². The number of halogens is 10. The van der Waals surface area contributed by atoms with Crippen molar-refractivity contribution < 1.29 is 61.7 Å². The van der Waals surface area contributed by atoms with Crippen LogP contribution in [0.25, 0.3) is 106 Å². The van der Waals surface area contributed by atoms with E-state index in [2.05, 4.69) is 118 Å². The first kappa shape index (κ1) is 94.8. The topological polar surface area (TPSA) is 187 Å². The van der Waals surface area contributed by atoms with E-state index in [4.69, 9.17) is 70.7 Å². The van der Waals surface area contributed by atoms with Gasteiger partial charge in [-0.15, -0.1) is 45.3 Å². The zero-order valence-corrected chi connectivity index (χ0v) is 80.3. The van der Waals surface area contributed by atoms with Gasteiger partial charge in [0.2, 0.25) is 0 Å². The Morgan fingerprint density at radius 3 is 1.08 bits per heavy atom. The number of thiophene rings is 4. The van der Waals surface area contributed by atoms with Crippen molar-refractivity contribution in [1.29, 1.82) is 0 Å². The maximum absolute atomic E-state index is 13.4. The molecule has 0 amide bonds. The predicted molar refractivity (Wildman–Crippen MR) is 536 cm³/mol. The Hall–Kier alpha value is -10.3. The minimum atomic E-state index is -1.51. The van der Waals surface area contributed by atoms with Crippen molar-refractivity contribution in [2.45, 2.75) is 71.4 Å². The molecule has 8 aromatic heterocycles. The highest BCUT2D eigenvalue weighted by molar-refractivity contribution is 9.10. The summed E-state index contributed by atoms with van der Waals surface area (Å²) in [7, 11) is -1.51. The summed E-state index contributed by atoms with van der Waals surface area (Å²) in [6.07, 6.45) is 8.62. The standard InChI is InChI=1S/C27H21ClFNO2S.C25H17ClFNO2S.C21H17BrClNO2S.C12H12BrNO2.C9H6BrClS.C6H6BFO2/c1-2-32-27(31)12-19-14-30(15-20-16-33-26-10-6-21(28)13-24(20)26)25-11-18(5-9-23(19)25)17-3-7-22(29)8-4-17;26-19-4-8-24-22(11-19)18(14-31-24)13-28-12-17(10-25(29)30)21-7-3-16(9-23(21)28)15-1-5-20(27)6-2-15;1-2-26-21(25)7-13-10-24(19-8-15(22)3-5-17(13)19)11-14-12-27-20-6-4-16(23)9-18(14)20;1-2-16-12(15)5-8-7-14-11-6-9(13)3-4-10(8)11;10-4-6-5-12-9-2-1-7(11)3-8(6)9;8-6-3-1-5(2-4-6)7(9)10/h3-11,13-14,16H,2,12,15H2,1H3;1-9,11-12,14H,10,13H2,(H,29,30);3-6,8-10,12H,2,7,11H2,1H3;3-4,6-7,14H,2,5H2,1H3;1-3,5H,4H2;1-4,9-10H. The van der Waals surface area contributed by atoms with Crippen LogP contribution < -0.4 is 5.46 Å². The molecule has 0 saturated carbocycles. The smallest absolute Gasteiger partial charge is 0.481 e. The first-order chi connectivity index (χ1) is 62.2. The Bertz CT molecular complexity index is 7260. The number of ether oxygens (including phenoxy) is 3. The molecule has 11 aromatic carbocycles. The summed E-state index contributed by atoms with van der Waals surface area (Å²) >= 11 is 41.8. The Morgan fingerprint density at radius 1 is 0.380 bits per heavy atom. The minimum Gasteiger partial charge on any atom is -0.481 e. The van der Waals surface area contributed by atoms with Crippen molar-refractivity contribution in [2.24, 2.45) is 0 Å². The second-order valence-electron chi connectivity index (χ2n) is 29.7. The third kappa shape index (κ3) is 24.1. The van der Waals surface area contributed by atoms with E-state index in [1.165, 1.54) is 90.1 Å². The number of hydrogen-bond donors (Lipinski definition) is 4. The van der Waals surface area contributed by atoms with Crippen LogP contribution in [0, 0.1) is 17.5 Å². The summed E-state index contributed by atoms with van der Waals surface area (Å²) < 4.78 is 67.5. The van der Waals surface area contributed by atoms with Gasteiger partial charge in [0, 0.05) is 141 Å². The van der Waals surface area contributed by atoms with Gasteiger partial charge in [-0.05, 0) is 282 Å². The fraction of sp³-hybridized carbons (Fsp3) is 0.140. The van der Waals surface area contributed by atoms with Gasteiger partial charge in [-0.2, -0.15) is 0 Å². The zero-order valence-electron chi connectivity index (χ0n) is 69.2. The second-order valence-corrected chi connectivity index (χ2v) is 37.5. The molecule has 4 N–H and O–H groups in total. The first-order valence-corrected chi connectivity index (χ1v) is 48.3. The van der Waals surface area contributed by atoms with E-state index in [0.717, 1.165) is 140 Å². The van der Waals surface area contributed by atoms with Crippen molar-refractivity contribution in [3.63, 3.8) is 0 Å². The molecule has 0 unspecified atom stereocenters. The molecule has 0 aliphatic rings. The summed E-state index contributed by atoms with van der Waals surface area (Å²) in [5, 5.41) is 47.7. The molecule has 8 heterocycles. The van der Waals surface area contributed by atoms with Crippen LogP contribution in [0.4, 0.5) is 13.2 Å². The van der Waals surface area contributed by atoms with Gasteiger partial charge in [-0.1, -0.05) is 167 Å². The molecule has 29 heteroatoms. The number of nitrogens with zero attached hydrogens (tertiary/aromatic N) is 3. The normalized spacial score (nSPS) is 11.1. The predicted octanol–water partition coefficient (Wildman–Crippen LogP) is 27.9. The Labute approximate surface area is 802 Å². The number of carboxylic acid groups (broad SMARTS) is 1. The number of nitrogens with one attached hydrogen (secondary N) is 1. The molecule has 19 aromatic rings. The molecular weight excluding hydrogens is 1990 g/mol. The van der Waals surface area contributed by atoms with E-state index in [9.17, 15) is 37.5 Å². The number of H-pyrrole nitrogens is 1. The van der Waals surface area contributed by atoms with Crippen LogP contribution in [0.1, 0.15) is 65.3 Å². The van der Waals surface area contributed by atoms with Crippen LogP contribution in [0.2, 0.25) is 20.1 Å². The molecule has 0 atom stereocenters. The van der Waals surface area contributed by atoms with E-state index >= 15 is 0 Å². The Balaban J connectivity index is 0.000000131. The molecule has 19 rings (SSSR count). The molecule has 0 fully saturated rings. The average Bonchev–Trinajstić information content (AvgIpc) is 1.65. The number of aliphatic carboxylic acids is 1. The molecule has 0 aliphatic heterocycles. The Kier molecular flexibility index (Phi) is 32.4. The summed E-state index contributed by atoms with van der Waals surface area (Å²) in [4.78, 5) is 50.2. The van der Waals surface area contributed by atoms with Crippen molar-refractivity contribution in [2.75, 3.05) is 19.8 Å². The van der Waals surface area contributed by atoms with Crippen molar-refractivity contribution in [3.05, 3.63) is 356 Å². The lowest BCUT2D eigenvalue weighted by Gasteiger charge is -2.08. The van der Waals surface area contributed by atoms with Crippen LogP contribution in [0.15, 0.2) is 274 Å². The number of carboxylic acids is 1. The number of aromatic nitrogens is 4. The molecule has 0 saturated heterocycles. The summed E-state index contributed by atoms with van der Waals surface area (Å²) in [5.74, 6) is -2.42. The number of alkyl halides is 1. The highest BCUT2D eigenvalue weighted by Crippen LogP contribution is 2.39. The van der Waals surface area contributed by atoms with Crippen LogP contribution in [-0.2, 0) is 84.0 Å². The van der Waals surface area contributed by atoms with Gasteiger partial charge in [-0.25, -0.2) is 13.2 Å². The maximum Gasteiger partial charge on any atom is 0.488 e. The Morgan fingerprint density at radius 2 is 0.705 bits per heavy atom. The monoisotopic (exact) mass is 2070 g/mol. The lowest BCUT2D eigenvalue weighted by molar-refractivity contribution is -0.143. The molecule has 14 nitrogen and oxygen atoms in total. The van der Waals surface area contributed by atoms with Gasteiger partial charge >= 0.3 is 31.0 Å². The number of hydrogen-bond acceptors (Lipinski definition) is 13. The molecule has 656 valence electrons. The number of carbonyl (C=O) groups excluding carboxylic acids is 3. The lowest BCUT2D eigenvalue weighted by Crippen LogP contribution is -2.29.